The van der Waals surface area contributed by atoms with Gasteiger partial charge in [0.15, 0.2) is 0 Å². The molecule has 0 aliphatic rings. The van der Waals surface area contributed by atoms with Gasteiger partial charge in [-0.1, -0.05) is 29.8 Å². The molecular weight excluding hydrogens is 222 g/mol. The smallest absolute Gasteiger partial charge is 0.141 e. The maximum atomic E-state index is 7.24. The van der Waals surface area contributed by atoms with Gasteiger partial charge in [0.05, 0.1) is 0 Å². The molecule has 0 unspecified atom stereocenters. The Kier molecular flexibility index (Phi) is 2.88. The van der Waals surface area contributed by atoms with Gasteiger partial charge < -0.3 is 5.73 Å². The van der Waals surface area contributed by atoms with Crippen LogP contribution in [0.25, 0.3) is 11.1 Å². The van der Waals surface area contributed by atoms with Crippen molar-refractivity contribution in [2.45, 2.75) is 0 Å². The molecule has 4 heteroatoms. The first-order valence-electron chi connectivity index (χ1n) is 4.73. The number of nitrogens with one attached hydrogen (secondary N) is 1. The molecule has 0 bridgehead atoms. The Morgan fingerprint density at radius 1 is 1.06 bits per heavy atom. The number of pyridine rings is 1. The van der Waals surface area contributed by atoms with Gasteiger partial charge >= 0.3 is 0 Å². The highest BCUT2D eigenvalue weighted by molar-refractivity contribution is 6.30. The lowest BCUT2D eigenvalue weighted by Gasteiger charge is -2.02. The maximum absolute atomic E-state index is 7.24. The summed E-state index contributed by atoms with van der Waals surface area (Å²) in [5, 5.41) is 7.94. The highest BCUT2D eigenvalue weighted by Crippen LogP contribution is 2.20. The van der Waals surface area contributed by atoms with Crippen molar-refractivity contribution in [3.63, 3.8) is 0 Å². The first kappa shape index (κ1) is 10.6. The van der Waals surface area contributed by atoms with Crippen LogP contribution in [0.2, 0.25) is 5.02 Å². The van der Waals surface area contributed by atoms with Crippen molar-refractivity contribution in [1.29, 1.82) is 5.41 Å². The van der Waals surface area contributed by atoms with Crippen LogP contribution >= 0.6 is 11.6 Å². The van der Waals surface area contributed by atoms with Gasteiger partial charge in [0.25, 0.3) is 0 Å². The van der Waals surface area contributed by atoms with Crippen LogP contribution in [0.15, 0.2) is 42.6 Å². The van der Waals surface area contributed by atoms with E-state index in [2.05, 4.69) is 4.98 Å². The molecule has 80 valence electrons. The van der Waals surface area contributed by atoms with Crippen LogP contribution in [0.3, 0.4) is 0 Å². The summed E-state index contributed by atoms with van der Waals surface area (Å²) in [6, 6.07) is 11.1. The summed E-state index contributed by atoms with van der Waals surface area (Å²) in [6.07, 6.45) is 1.69. The summed E-state index contributed by atoms with van der Waals surface area (Å²) in [7, 11) is 0. The van der Waals surface area contributed by atoms with Crippen molar-refractivity contribution in [3.05, 3.63) is 53.3 Å². The number of nitrogen functional groups attached to an aromatic ring is 1. The van der Waals surface area contributed by atoms with Crippen LogP contribution in [0.5, 0.6) is 0 Å². The second-order valence-electron chi connectivity index (χ2n) is 3.35. The molecular formula is C12H10ClN3. The number of aromatic nitrogens is 1. The Hall–Kier alpha value is -1.87. The molecule has 1 aromatic carbocycles. The second kappa shape index (κ2) is 4.33. The maximum Gasteiger partial charge on any atom is 0.141 e. The number of halogens is 1. The Labute approximate surface area is 98.4 Å². The zero-order valence-corrected chi connectivity index (χ0v) is 9.20. The first-order valence-corrected chi connectivity index (χ1v) is 5.11. The average molecular weight is 232 g/mol. The molecule has 16 heavy (non-hydrogen) atoms. The fourth-order valence-electron chi connectivity index (χ4n) is 1.37. The summed E-state index contributed by atoms with van der Waals surface area (Å²) in [5.41, 5.74) is 7.82. The van der Waals surface area contributed by atoms with E-state index in [1.807, 2.05) is 30.3 Å². The molecule has 1 aromatic heterocycles. The van der Waals surface area contributed by atoms with Crippen LogP contribution in [0, 0.1) is 5.41 Å². The largest absolute Gasteiger partial charge is 0.382 e. The van der Waals surface area contributed by atoms with Gasteiger partial charge in [-0.15, -0.1) is 0 Å². The fraction of sp³-hybridized carbons (Fsp3) is 0. The fourth-order valence-corrected chi connectivity index (χ4v) is 1.49. The molecule has 0 saturated heterocycles. The number of benzene rings is 1. The van der Waals surface area contributed by atoms with Crippen molar-refractivity contribution < 1.29 is 0 Å². The number of nitrogens with two attached hydrogens (primary N) is 1. The summed E-state index contributed by atoms with van der Waals surface area (Å²) >= 11 is 5.81. The lowest BCUT2D eigenvalue weighted by atomic mass is 10.1. The zero-order valence-electron chi connectivity index (χ0n) is 8.44. The molecule has 0 amide bonds. The van der Waals surface area contributed by atoms with Crippen molar-refractivity contribution in [3.8, 4) is 11.1 Å². The van der Waals surface area contributed by atoms with E-state index in [0.29, 0.717) is 10.7 Å². The summed E-state index contributed by atoms with van der Waals surface area (Å²) in [6.45, 7) is 0. The van der Waals surface area contributed by atoms with Gasteiger partial charge in [0.1, 0.15) is 11.5 Å². The third kappa shape index (κ3) is 2.20. The standard InChI is InChI=1S/C12H10ClN3/c13-10-4-1-8(2-5-10)9-3-6-11(12(14)15)16-7-9/h1-7H,(H3,14,15). The van der Waals surface area contributed by atoms with Crippen molar-refractivity contribution >= 4 is 17.4 Å². The highest BCUT2D eigenvalue weighted by atomic mass is 35.5. The van der Waals surface area contributed by atoms with Gasteiger partial charge in [-0.2, -0.15) is 0 Å². The number of rotatable bonds is 2. The van der Waals surface area contributed by atoms with Gasteiger partial charge in [-0.05, 0) is 23.8 Å². The molecule has 1 heterocycles. The third-order valence-electron chi connectivity index (χ3n) is 2.22. The van der Waals surface area contributed by atoms with Gasteiger partial charge in [0, 0.05) is 16.8 Å². The topological polar surface area (TPSA) is 62.8 Å². The van der Waals surface area contributed by atoms with Crippen LogP contribution in [-0.2, 0) is 0 Å². The summed E-state index contributed by atoms with van der Waals surface area (Å²) < 4.78 is 0. The molecule has 0 fully saturated rings. The van der Waals surface area contributed by atoms with E-state index in [-0.39, 0.29) is 5.84 Å². The SMILES string of the molecule is N=C(N)c1ccc(-c2ccc(Cl)cc2)cn1. The van der Waals surface area contributed by atoms with Crippen LogP contribution < -0.4 is 5.73 Å². The van der Waals surface area contributed by atoms with Crippen LogP contribution in [-0.4, -0.2) is 10.8 Å². The lowest BCUT2D eigenvalue weighted by molar-refractivity contribution is 1.26. The minimum absolute atomic E-state index is 0.0253. The molecule has 2 rings (SSSR count). The van der Waals surface area contributed by atoms with Gasteiger partial charge in [-0.25, -0.2) is 0 Å². The lowest BCUT2D eigenvalue weighted by Crippen LogP contribution is -2.12. The number of hydrogen-bond acceptors (Lipinski definition) is 2. The molecule has 3 nitrogen and oxygen atoms in total. The van der Waals surface area contributed by atoms with Crippen molar-refractivity contribution in [2.75, 3.05) is 0 Å². The molecule has 0 radical (unpaired) electrons. The highest BCUT2D eigenvalue weighted by Gasteiger charge is 2.00. The Bertz CT molecular complexity index is 503. The molecule has 0 spiro atoms. The quantitative estimate of drug-likeness (QED) is 0.617. The average Bonchev–Trinajstić information content (AvgIpc) is 2.30. The minimum atomic E-state index is -0.0253. The molecule has 0 atom stereocenters. The molecule has 2 aromatic rings. The number of amidine groups is 1. The van der Waals surface area contributed by atoms with E-state index in [1.54, 1.807) is 12.3 Å². The summed E-state index contributed by atoms with van der Waals surface area (Å²) in [4.78, 5) is 4.09. The third-order valence-corrected chi connectivity index (χ3v) is 2.47. The van der Waals surface area contributed by atoms with E-state index in [1.165, 1.54) is 0 Å². The minimum Gasteiger partial charge on any atom is -0.382 e. The predicted octanol–water partition coefficient (Wildman–Crippen LogP) is 2.69. The molecule has 0 aliphatic heterocycles. The van der Waals surface area contributed by atoms with E-state index in [0.717, 1.165) is 11.1 Å². The predicted molar refractivity (Wildman–Crippen MR) is 65.7 cm³/mol. The van der Waals surface area contributed by atoms with Crippen molar-refractivity contribution in [2.24, 2.45) is 5.73 Å². The number of nitrogens with zero attached hydrogens (tertiary/aromatic N) is 1. The van der Waals surface area contributed by atoms with Crippen LogP contribution in [0.4, 0.5) is 0 Å². The molecule has 0 aliphatic carbocycles. The van der Waals surface area contributed by atoms with E-state index in [4.69, 9.17) is 22.7 Å². The van der Waals surface area contributed by atoms with E-state index < -0.39 is 0 Å². The van der Waals surface area contributed by atoms with Crippen molar-refractivity contribution in [1.82, 2.24) is 4.98 Å². The van der Waals surface area contributed by atoms with Crippen LogP contribution in [0.1, 0.15) is 5.69 Å². The normalized spacial score (nSPS) is 10.1. The zero-order chi connectivity index (χ0) is 11.5. The Morgan fingerprint density at radius 2 is 1.69 bits per heavy atom. The van der Waals surface area contributed by atoms with E-state index in [9.17, 15) is 0 Å². The van der Waals surface area contributed by atoms with E-state index >= 15 is 0 Å². The van der Waals surface area contributed by atoms with Gasteiger partial charge in [0.2, 0.25) is 0 Å². The first-order chi connectivity index (χ1) is 7.66. The van der Waals surface area contributed by atoms with Gasteiger partial charge in [-0.3, -0.25) is 10.4 Å². The molecule has 0 saturated carbocycles. The Morgan fingerprint density at radius 3 is 2.19 bits per heavy atom. The molecule has 3 N–H and O–H groups in total. The second-order valence-corrected chi connectivity index (χ2v) is 3.79. The monoisotopic (exact) mass is 231 g/mol. The summed E-state index contributed by atoms with van der Waals surface area (Å²) in [5.74, 6) is -0.0253. The number of hydrogen-bond donors (Lipinski definition) is 2. The Balaban J connectivity index is 2.34.